The molecule has 0 atom stereocenters. The van der Waals surface area contributed by atoms with Crippen molar-refractivity contribution >= 4 is 11.4 Å². The van der Waals surface area contributed by atoms with Crippen molar-refractivity contribution in [3.05, 3.63) is 27.8 Å². The lowest BCUT2D eigenvalue weighted by atomic mass is 9.77. The Labute approximate surface area is 117 Å². The van der Waals surface area contributed by atoms with Crippen LogP contribution >= 0.6 is 0 Å². The molecule has 116 valence electrons. The molecule has 9 heteroatoms. The van der Waals surface area contributed by atoms with E-state index in [0.29, 0.717) is 12.1 Å². The molecule has 21 heavy (non-hydrogen) atoms. The summed E-state index contributed by atoms with van der Waals surface area (Å²) in [7, 11) is 0. The number of benzene rings is 1. The van der Waals surface area contributed by atoms with E-state index in [1.807, 2.05) is 0 Å². The highest BCUT2D eigenvalue weighted by Gasteiger charge is 2.42. The van der Waals surface area contributed by atoms with Gasteiger partial charge in [-0.15, -0.1) is 0 Å². The minimum atomic E-state index is -4.85. The third kappa shape index (κ3) is 3.18. The fourth-order valence-corrected chi connectivity index (χ4v) is 2.40. The van der Waals surface area contributed by atoms with Gasteiger partial charge < -0.3 is 15.5 Å². The summed E-state index contributed by atoms with van der Waals surface area (Å²) in [5, 5.41) is 32.3. The molecule has 0 spiro atoms. The summed E-state index contributed by atoms with van der Waals surface area (Å²) in [4.78, 5) is 9.58. The Hall–Kier alpha value is -2.03. The van der Waals surface area contributed by atoms with Crippen molar-refractivity contribution in [1.29, 1.82) is 0 Å². The third-order valence-corrected chi connectivity index (χ3v) is 3.34. The zero-order valence-corrected chi connectivity index (χ0v) is 10.9. The number of alkyl halides is 3. The van der Waals surface area contributed by atoms with E-state index in [1.165, 1.54) is 0 Å². The molecule has 3 N–H and O–H groups in total. The molecule has 0 aliphatic heterocycles. The molecule has 1 aliphatic carbocycles. The van der Waals surface area contributed by atoms with Crippen molar-refractivity contribution in [2.24, 2.45) is 0 Å². The summed E-state index contributed by atoms with van der Waals surface area (Å²) in [6, 6.07) is 0.598. The van der Waals surface area contributed by atoms with Gasteiger partial charge in [0.05, 0.1) is 27.8 Å². The van der Waals surface area contributed by atoms with Crippen LogP contribution in [-0.4, -0.2) is 26.8 Å². The van der Waals surface area contributed by atoms with E-state index >= 15 is 0 Å². The molecule has 0 bridgehead atoms. The SMILES string of the molecule is CC1(O)CC(Nc2c(O)cc([N+](=O)[O-])cc2C(F)(F)F)C1. The Bertz CT molecular complexity index is 579. The monoisotopic (exact) mass is 306 g/mol. The Morgan fingerprint density at radius 3 is 2.43 bits per heavy atom. The van der Waals surface area contributed by atoms with Crippen molar-refractivity contribution < 1.29 is 28.3 Å². The van der Waals surface area contributed by atoms with Gasteiger partial charge in [0.15, 0.2) is 0 Å². The van der Waals surface area contributed by atoms with E-state index in [4.69, 9.17) is 0 Å². The van der Waals surface area contributed by atoms with Gasteiger partial charge in [0, 0.05) is 12.1 Å². The first-order chi connectivity index (χ1) is 9.49. The lowest BCUT2D eigenvalue weighted by Gasteiger charge is -2.42. The molecule has 2 rings (SSSR count). The number of nitrogens with zero attached hydrogens (tertiary/aromatic N) is 1. The van der Waals surface area contributed by atoms with Crippen LogP contribution < -0.4 is 5.32 Å². The molecule has 0 saturated heterocycles. The van der Waals surface area contributed by atoms with E-state index in [1.54, 1.807) is 6.92 Å². The molecule has 1 aromatic carbocycles. The summed E-state index contributed by atoms with van der Waals surface area (Å²) >= 11 is 0. The van der Waals surface area contributed by atoms with Crippen molar-refractivity contribution in [1.82, 2.24) is 0 Å². The summed E-state index contributed by atoms with van der Waals surface area (Å²) in [6.45, 7) is 1.55. The van der Waals surface area contributed by atoms with Crippen LogP contribution in [0.5, 0.6) is 5.75 Å². The number of halogens is 3. The number of hydrogen-bond acceptors (Lipinski definition) is 5. The van der Waals surface area contributed by atoms with Gasteiger partial charge in [0.1, 0.15) is 5.75 Å². The molecule has 1 saturated carbocycles. The van der Waals surface area contributed by atoms with E-state index in [-0.39, 0.29) is 12.8 Å². The summed E-state index contributed by atoms with van der Waals surface area (Å²) in [5.74, 6) is -0.844. The Kier molecular flexibility index (Phi) is 3.48. The van der Waals surface area contributed by atoms with Crippen LogP contribution in [0.2, 0.25) is 0 Å². The summed E-state index contributed by atoms with van der Waals surface area (Å²) in [5.41, 5.74) is -3.70. The molecular formula is C12H13F3N2O4. The molecule has 0 heterocycles. The fraction of sp³-hybridized carbons (Fsp3) is 0.500. The maximum Gasteiger partial charge on any atom is 0.418 e. The highest BCUT2D eigenvalue weighted by atomic mass is 19.4. The van der Waals surface area contributed by atoms with Crippen LogP contribution in [0, 0.1) is 10.1 Å². The zero-order valence-electron chi connectivity index (χ0n) is 10.9. The van der Waals surface area contributed by atoms with E-state index in [2.05, 4.69) is 5.32 Å². The van der Waals surface area contributed by atoms with Gasteiger partial charge in [0.25, 0.3) is 5.69 Å². The van der Waals surface area contributed by atoms with Crippen LogP contribution in [0.15, 0.2) is 12.1 Å². The van der Waals surface area contributed by atoms with Crippen molar-refractivity contribution in [3.8, 4) is 5.75 Å². The first-order valence-electron chi connectivity index (χ1n) is 6.07. The normalized spacial score (nSPS) is 25.3. The summed E-state index contributed by atoms with van der Waals surface area (Å²) < 4.78 is 38.9. The van der Waals surface area contributed by atoms with Crippen LogP contribution in [0.4, 0.5) is 24.5 Å². The second-order valence-corrected chi connectivity index (χ2v) is 5.39. The highest BCUT2D eigenvalue weighted by molar-refractivity contribution is 5.67. The van der Waals surface area contributed by atoms with Gasteiger partial charge in [-0.05, 0) is 19.8 Å². The van der Waals surface area contributed by atoms with E-state index < -0.39 is 45.4 Å². The minimum Gasteiger partial charge on any atom is -0.506 e. The summed E-state index contributed by atoms with van der Waals surface area (Å²) in [6.07, 6.45) is -4.40. The van der Waals surface area contributed by atoms with Crippen LogP contribution in [0.25, 0.3) is 0 Å². The molecule has 1 aromatic rings. The van der Waals surface area contributed by atoms with Gasteiger partial charge >= 0.3 is 6.18 Å². The molecule has 0 unspecified atom stereocenters. The number of nitro benzene ring substituents is 1. The Morgan fingerprint density at radius 2 is 2.00 bits per heavy atom. The lowest BCUT2D eigenvalue weighted by molar-refractivity contribution is -0.385. The van der Waals surface area contributed by atoms with E-state index in [9.17, 15) is 33.5 Å². The number of nitro groups is 1. The Morgan fingerprint density at radius 1 is 1.43 bits per heavy atom. The quantitative estimate of drug-likeness (QED) is 0.453. The maximum atomic E-state index is 13.0. The number of hydrogen-bond donors (Lipinski definition) is 3. The van der Waals surface area contributed by atoms with E-state index in [0.717, 1.165) is 0 Å². The number of anilines is 1. The van der Waals surface area contributed by atoms with Gasteiger partial charge in [-0.3, -0.25) is 10.1 Å². The molecular weight excluding hydrogens is 293 g/mol. The van der Waals surface area contributed by atoms with Crippen LogP contribution in [-0.2, 0) is 6.18 Å². The molecule has 0 amide bonds. The van der Waals surface area contributed by atoms with Gasteiger partial charge in [-0.1, -0.05) is 0 Å². The predicted octanol–water partition coefficient (Wildman–Crippen LogP) is 2.64. The number of non-ortho nitro benzene ring substituents is 1. The van der Waals surface area contributed by atoms with Crippen LogP contribution in [0.3, 0.4) is 0 Å². The molecule has 1 fully saturated rings. The third-order valence-electron chi connectivity index (χ3n) is 3.34. The van der Waals surface area contributed by atoms with Crippen molar-refractivity contribution in [2.45, 2.75) is 37.6 Å². The lowest BCUT2D eigenvalue weighted by Crippen LogP contribution is -2.48. The number of rotatable bonds is 3. The van der Waals surface area contributed by atoms with Crippen molar-refractivity contribution in [3.63, 3.8) is 0 Å². The second kappa shape index (κ2) is 4.76. The number of aliphatic hydroxyl groups is 1. The maximum absolute atomic E-state index is 13.0. The molecule has 1 aliphatic rings. The average Bonchev–Trinajstić information content (AvgIpc) is 2.27. The number of phenols is 1. The van der Waals surface area contributed by atoms with Crippen LogP contribution in [0.1, 0.15) is 25.3 Å². The first-order valence-corrected chi connectivity index (χ1v) is 6.07. The molecule has 0 aromatic heterocycles. The van der Waals surface area contributed by atoms with Gasteiger partial charge in [-0.2, -0.15) is 13.2 Å². The average molecular weight is 306 g/mol. The Balaban J connectivity index is 2.37. The standard InChI is InChI=1S/C12H13F3N2O4/c1-11(19)4-6(5-11)16-10-8(12(13,14)15)2-7(17(20)21)3-9(10)18/h2-3,6,16,18-19H,4-5H2,1H3. The second-order valence-electron chi connectivity index (χ2n) is 5.39. The minimum absolute atomic E-state index is 0.223. The number of nitrogens with one attached hydrogen (secondary N) is 1. The highest BCUT2D eigenvalue weighted by Crippen LogP contribution is 2.44. The first kappa shape index (κ1) is 15.4. The molecule has 6 nitrogen and oxygen atoms in total. The number of phenolic OH excluding ortho intramolecular Hbond substituents is 1. The topological polar surface area (TPSA) is 95.6 Å². The fourth-order valence-electron chi connectivity index (χ4n) is 2.40. The van der Waals surface area contributed by atoms with Gasteiger partial charge in [-0.25, -0.2) is 0 Å². The molecule has 0 radical (unpaired) electrons. The van der Waals surface area contributed by atoms with Crippen molar-refractivity contribution in [2.75, 3.05) is 5.32 Å². The largest absolute Gasteiger partial charge is 0.506 e. The predicted molar refractivity (Wildman–Crippen MR) is 67.0 cm³/mol. The zero-order chi connectivity index (χ0) is 16.0. The van der Waals surface area contributed by atoms with Gasteiger partial charge in [0.2, 0.25) is 0 Å². The number of aromatic hydroxyl groups is 1. The smallest absolute Gasteiger partial charge is 0.418 e.